The fourth-order valence-electron chi connectivity index (χ4n) is 3.02. The van der Waals surface area contributed by atoms with Crippen molar-refractivity contribution in [1.29, 1.82) is 0 Å². The molecule has 0 amide bonds. The molecule has 0 unspecified atom stereocenters. The fourth-order valence-corrected chi connectivity index (χ4v) is 4.57. The molecule has 0 fully saturated rings. The van der Waals surface area contributed by atoms with E-state index in [0.717, 1.165) is 22.0 Å². The Kier molecular flexibility index (Phi) is 5.21. The molecule has 4 aromatic rings. The predicted octanol–water partition coefficient (Wildman–Crippen LogP) is 4.14. The Labute approximate surface area is 176 Å². The van der Waals surface area contributed by atoms with Gasteiger partial charge in [0.15, 0.2) is 5.69 Å². The van der Waals surface area contributed by atoms with Crippen molar-refractivity contribution in [3.8, 4) is 5.69 Å². The zero-order chi connectivity index (χ0) is 20.5. The normalized spacial score (nSPS) is 12.3. The van der Waals surface area contributed by atoms with Crippen molar-refractivity contribution in [2.75, 3.05) is 0 Å². The lowest BCUT2D eigenvalue weighted by molar-refractivity contribution is 0.630. The minimum absolute atomic E-state index is 0.147. The number of aryl methyl sites for hydroxylation is 2. The zero-order valence-electron chi connectivity index (χ0n) is 16.7. The van der Waals surface area contributed by atoms with Crippen LogP contribution in [0.2, 0.25) is 0 Å². The highest BCUT2D eigenvalue weighted by molar-refractivity contribution is 7.13. The molecule has 0 bridgehead atoms. The molecule has 0 radical (unpaired) electrons. The molecule has 29 heavy (non-hydrogen) atoms. The van der Waals surface area contributed by atoms with E-state index in [-0.39, 0.29) is 5.56 Å². The van der Waals surface area contributed by atoms with Crippen LogP contribution in [-0.4, -0.2) is 20.3 Å². The van der Waals surface area contributed by atoms with Gasteiger partial charge in [0.05, 0.1) is 23.3 Å². The maximum absolute atomic E-state index is 13.1. The first-order chi connectivity index (χ1) is 14.0. The number of rotatable bonds is 4. The molecule has 0 aliphatic carbocycles. The molecule has 0 aliphatic heterocycles. The Morgan fingerprint density at radius 3 is 2.48 bits per heavy atom. The van der Waals surface area contributed by atoms with Gasteiger partial charge in [0.2, 0.25) is 4.80 Å². The zero-order valence-corrected chi connectivity index (χ0v) is 18.3. The van der Waals surface area contributed by atoms with Gasteiger partial charge in [0.1, 0.15) is 0 Å². The minimum Gasteiger partial charge on any atom is -0.283 e. The van der Waals surface area contributed by atoms with E-state index in [1.165, 1.54) is 16.2 Å². The molecule has 3 heterocycles. The van der Waals surface area contributed by atoms with E-state index in [1.54, 1.807) is 20.7 Å². The first-order valence-corrected chi connectivity index (χ1v) is 10.8. The summed E-state index contributed by atoms with van der Waals surface area (Å²) in [6.07, 6.45) is 1.83. The summed E-state index contributed by atoms with van der Waals surface area (Å²) in [7, 11) is 1.87. The third-order valence-corrected chi connectivity index (χ3v) is 6.51. The van der Waals surface area contributed by atoms with Crippen LogP contribution in [0.1, 0.15) is 21.1 Å². The van der Waals surface area contributed by atoms with E-state index in [0.29, 0.717) is 10.5 Å². The van der Waals surface area contributed by atoms with E-state index in [9.17, 15) is 4.79 Å². The molecule has 0 N–H and O–H groups in total. The van der Waals surface area contributed by atoms with Gasteiger partial charge in [0.25, 0.3) is 5.56 Å². The van der Waals surface area contributed by atoms with E-state index in [1.807, 2.05) is 73.6 Å². The first-order valence-electron chi connectivity index (χ1n) is 9.12. The number of hydrogen-bond acceptors (Lipinski definition) is 5. The molecular weight excluding hydrogens is 402 g/mol. The number of hydrogen-bond donors (Lipinski definition) is 0. The van der Waals surface area contributed by atoms with Crippen molar-refractivity contribution in [1.82, 2.24) is 14.0 Å². The molecule has 0 aliphatic rings. The van der Waals surface area contributed by atoms with E-state index >= 15 is 0 Å². The quantitative estimate of drug-likeness (QED) is 0.455. The molecule has 1 aromatic carbocycles. The van der Waals surface area contributed by atoms with Crippen LogP contribution in [0.25, 0.3) is 5.69 Å². The SMILES string of the molecule is Cc1ccc(C=Nn2c(C)csc2=Nc2c(C)n(C)n(-c3ccccc3)c2=O)s1. The maximum atomic E-state index is 13.1. The Morgan fingerprint density at radius 1 is 1.03 bits per heavy atom. The highest BCUT2D eigenvalue weighted by Crippen LogP contribution is 2.17. The number of thiazole rings is 1. The van der Waals surface area contributed by atoms with Crippen LogP contribution in [-0.2, 0) is 7.05 Å². The first kappa shape index (κ1) is 19.4. The second kappa shape index (κ2) is 7.81. The fraction of sp³-hybridized carbons (Fsp3) is 0.190. The molecule has 148 valence electrons. The third kappa shape index (κ3) is 3.68. The molecule has 0 saturated carbocycles. The third-order valence-electron chi connectivity index (χ3n) is 4.64. The van der Waals surface area contributed by atoms with Gasteiger partial charge < -0.3 is 0 Å². The summed E-state index contributed by atoms with van der Waals surface area (Å²) < 4.78 is 5.24. The summed E-state index contributed by atoms with van der Waals surface area (Å²) >= 11 is 3.15. The minimum atomic E-state index is -0.147. The topological polar surface area (TPSA) is 56.6 Å². The van der Waals surface area contributed by atoms with Crippen molar-refractivity contribution in [3.63, 3.8) is 0 Å². The number of nitrogens with zero attached hydrogens (tertiary/aromatic N) is 5. The summed E-state index contributed by atoms with van der Waals surface area (Å²) in [5, 5.41) is 6.59. The van der Waals surface area contributed by atoms with Crippen LogP contribution in [0.3, 0.4) is 0 Å². The molecule has 0 saturated heterocycles. The number of benzene rings is 1. The molecule has 6 nitrogen and oxygen atoms in total. The Bertz CT molecular complexity index is 1320. The monoisotopic (exact) mass is 423 g/mol. The van der Waals surface area contributed by atoms with Gasteiger partial charge >= 0.3 is 0 Å². The van der Waals surface area contributed by atoms with Crippen molar-refractivity contribution >= 4 is 34.6 Å². The van der Waals surface area contributed by atoms with Crippen molar-refractivity contribution in [3.05, 3.63) is 84.1 Å². The van der Waals surface area contributed by atoms with Crippen LogP contribution in [0.4, 0.5) is 5.69 Å². The lowest BCUT2D eigenvalue weighted by Crippen LogP contribution is -2.19. The predicted molar refractivity (Wildman–Crippen MR) is 120 cm³/mol. The molecule has 0 atom stereocenters. The molecule has 0 spiro atoms. The molecule has 8 heteroatoms. The molecule has 3 aromatic heterocycles. The average Bonchev–Trinajstić information content (AvgIpc) is 3.34. The van der Waals surface area contributed by atoms with Gasteiger partial charge in [0, 0.05) is 22.2 Å². The highest BCUT2D eigenvalue weighted by atomic mass is 32.1. The van der Waals surface area contributed by atoms with Crippen molar-refractivity contribution in [2.45, 2.75) is 20.8 Å². The highest BCUT2D eigenvalue weighted by Gasteiger charge is 2.16. The Hall–Kier alpha value is -2.97. The summed E-state index contributed by atoms with van der Waals surface area (Å²) in [5.41, 5.74) is 2.86. The number of para-hydroxylation sites is 1. The summed E-state index contributed by atoms with van der Waals surface area (Å²) in [5.74, 6) is 0. The van der Waals surface area contributed by atoms with Gasteiger partial charge in [-0.15, -0.1) is 22.7 Å². The van der Waals surface area contributed by atoms with Crippen LogP contribution >= 0.6 is 22.7 Å². The van der Waals surface area contributed by atoms with Crippen LogP contribution in [0.5, 0.6) is 0 Å². The number of aromatic nitrogens is 3. The molecule has 4 rings (SSSR count). The van der Waals surface area contributed by atoms with Gasteiger partial charge in [-0.1, -0.05) is 18.2 Å². The molecular formula is C21H21N5OS2. The second-order valence-corrected chi connectivity index (χ2v) is 8.84. The smallest absolute Gasteiger partial charge is 0.283 e. The van der Waals surface area contributed by atoms with Gasteiger partial charge in [-0.3, -0.25) is 9.48 Å². The van der Waals surface area contributed by atoms with Gasteiger partial charge in [-0.05, 0) is 45.0 Å². The lowest BCUT2D eigenvalue weighted by atomic mass is 10.3. The van der Waals surface area contributed by atoms with Gasteiger partial charge in [-0.2, -0.15) is 5.10 Å². The van der Waals surface area contributed by atoms with Crippen LogP contribution in [0, 0.1) is 20.8 Å². The number of thiophene rings is 1. The Balaban J connectivity index is 1.82. The van der Waals surface area contributed by atoms with E-state index < -0.39 is 0 Å². The van der Waals surface area contributed by atoms with Gasteiger partial charge in [-0.25, -0.2) is 14.4 Å². The maximum Gasteiger partial charge on any atom is 0.297 e. The standard InChI is InChI=1S/C21H21N5OS2/c1-14-13-28-21(25(14)22-12-18-11-10-15(2)29-18)23-19-16(3)24(4)26(20(19)27)17-8-6-5-7-9-17/h5-13H,1-4H3. The van der Waals surface area contributed by atoms with E-state index in [4.69, 9.17) is 4.99 Å². The van der Waals surface area contributed by atoms with Crippen LogP contribution in [0.15, 0.2) is 62.7 Å². The summed E-state index contributed by atoms with van der Waals surface area (Å²) in [4.78, 5) is 20.8. The lowest BCUT2D eigenvalue weighted by Gasteiger charge is -2.07. The van der Waals surface area contributed by atoms with E-state index in [2.05, 4.69) is 18.1 Å². The average molecular weight is 424 g/mol. The van der Waals surface area contributed by atoms with Crippen molar-refractivity contribution < 1.29 is 0 Å². The summed E-state index contributed by atoms with van der Waals surface area (Å²) in [6.45, 7) is 5.95. The largest absolute Gasteiger partial charge is 0.297 e. The second-order valence-electron chi connectivity index (χ2n) is 6.69. The van der Waals surface area contributed by atoms with Crippen LogP contribution < -0.4 is 10.4 Å². The Morgan fingerprint density at radius 2 is 1.79 bits per heavy atom. The van der Waals surface area contributed by atoms with Crippen molar-refractivity contribution in [2.24, 2.45) is 17.1 Å². The summed E-state index contributed by atoms with van der Waals surface area (Å²) in [6, 6.07) is 13.7.